The number of hydrogen-bond donors (Lipinski definition) is 0. The van der Waals surface area contributed by atoms with Gasteiger partial charge in [-0.25, -0.2) is 4.98 Å². The van der Waals surface area contributed by atoms with E-state index in [9.17, 15) is 0 Å². The number of rotatable bonds is 2. The Balaban J connectivity index is 2.73. The molecule has 2 rings (SSSR count). The van der Waals surface area contributed by atoms with Gasteiger partial charge in [-0.1, -0.05) is 11.6 Å². The van der Waals surface area contributed by atoms with Gasteiger partial charge in [-0.15, -0.1) is 0 Å². The molecule has 1 aromatic heterocycles. The Morgan fingerprint density at radius 2 is 2.00 bits per heavy atom. The first-order valence-electron chi connectivity index (χ1n) is 5.49. The van der Waals surface area contributed by atoms with E-state index in [0.717, 1.165) is 33.0 Å². The maximum atomic E-state index is 6.12. The van der Waals surface area contributed by atoms with Crippen LogP contribution in [0.15, 0.2) is 16.7 Å². The standard InChI is InChI=1S/C13H14BrClN2O/c1-7-5-9(15)6-10(12(7)18-4)11-13(14)17(3)8(2)16-11/h5-6H,1-4H3. The minimum atomic E-state index is 0.679. The third-order valence-electron chi connectivity index (χ3n) is 2.95. The molecule has 2 aromatic rings. The van der Waals surface area contributed by atoms with Crippen LogP contribution in [-0.4, -0.2) is 16.7 Å². The molecule has 0 aliphatic rings. The Hall–Kier alpha value is -1.00. The number of nitrogens with zero attached hydrogens (tertiary/aromatic N) is 2. The lowest BCUT2D eigenvalue weighted by Gasteiger charge is -2.11. The number of methoxy groups -OCH3 is 1. The Morgan fingerprint density at radius 3 is 2.50 bits per heavy atom. The molecule has 0 aliphatic heterocycles. The van der Waals surface area contributed by atoms with Crippen molar-refractivity contribution in [3.63, 3.8) is 0 Å². The predicted octanol–water partition coefficient (Wildman–Crippen LogP) is 4.13. The summed E-state index contributed by atoms with van der Waals surface area (Å²) in [6, 6.07) is 3.76. The molecule has 1 heterocycles. The van der Waals surface area contributed by atoms with Crippen LogP contribution in [0.1, 0.15) is 11.4 Å². The van der Waals surface area contributed by atoms with Crippen LogP contribution >= 0.6 is 27.5 Å². The fourth-order valence-corrected chi connectivity index (χ4v) is 2.76. The Bertz CT molecular complexity index is 608. The lowest BCUT2D eigenvalue weighted by Crippen LogP contribution is -1.93. The number of aryl methyl sites for hydroxylation is 2. The summed E-state index contributed by atoms with van der Waals surface area (Å²) in [6.07, 6.45) is 0. The molecule has 0 unspecified atom stereocenters. The van der Waals surface area contributed by atoms with Gasteiger partial charge in [0.25, 0.3) is 0 Å². The highest BCUT2D eigenvalue weighted by Crippen LogP contribution is 2.38. The molecule has 0 aliphatic carbocycles. The summed E-state index contributed by atoms with van der Waals surface area (Å²) < 4.78 is 8.35. The van der Waals surface area contributed by atoms with Gasteiger partial charge in [0.15, 0.2) is 0 Å². The van der Waals surface area contributed by atoms with Crippen molar-refractivity contribution < 1.29 is 4.74 Å². The fraction of sp³-hybridized carbons (Fsp3) is 0.308. The zero-order chi connectivity index (χ0) is 13.4. The molecule has 0 radical (unpaired) electrons. The molecule has 96 valence electrons. The topological polar surface area (TPSA) is 27.1 Å². The number of hydrogen-bond acceptors (Lipinski definition) is 2. The van der Waals surface area contributed by atoms with Gasteiger partial charge in [0.2, 0.25) is 0 Å². The van der Waals surface area contributed by atoms with Gasteiger partial charge in [0.1, 0.15) is 21.9 Å². The van der Waals surface area contributed by atoms with E-state index in [1.165, 1.54) is 0 Å². The highest BCUT2D eigenvalue weighted by Gasteiger charge is 2.17. The highest BCUT2D eigenvalue weighted by molar-refractivity contribution is 9.10. The summed E-state index contributed by atoms with van der Waals surface area (Å²) >= 11 is 9.67. The number of ether oxygens (including phenoxy) is 1. The van der Waals surface area contributed by atoms with Crippen molar-refractivity contribution >= 4 is 27.5 Å². The lowest BCUT2D eigenvalue weighted by atomic mass is 10.1. The molecule has 0 saturated heterocycles. The first-order valence-corrected chi connectivity index (χ1v) is 6.66. The summed E-state index contributed by atoms with van der Waals surface area (Å²) in [5.41, 5.74) is 2.74. The molecular weight excluding hydrogens is 316 g/mol. The summed E-state index contributed by atoms with van der Waals surface area (Å²) in [4.78, 5) is 4.55. The molecule has 0 fully saturated rings. The Morgan fingerprint density at radius 1 is 1.33 bits per heavy atom. The van der Waals surface area contributed by atoms with E-state index >= 15 is 0 Å². The van der Waals surface area contributed by atoms with Crippen LogP contribution in [0.4, 0.5) is 0 Å². The third kappa shape index (κ3) is 2.15. The van der Waals surface area contributed by atoms with E-state index in [4.69, 9.17) is 16.3 Å². The molecule has 0 bridgehead atoms. The number of aromatic nitrogens is 2. The average molecular weight is 330 g/mol. The van der Waals surface area contributed by atoms with Crippen molar-refractivity contribution in [2.75, 3.05) is 7.11 Å². The quantitative estimate of drug-likeness (QED) is 0.828. The molecule has 3 nitrogen and oxygen atoms in total. The minimum absolute atomic E-state index is 0.679. The van der Waals surface area contributed by atoms with Crippen LogP contribution in [-0.2, 0) is 7.05 Å². The van der Waals surface area contributed by atoms with Crippen LogP contribution in [0.2, 0.25) is 5.02 Å². The van der Waals surface area contributed by atoms with Gasteiger partial charge >= 0.3 is 0 Å². The van der Waals surface area contributed by atoms with Crippen molar-refractivity contribution in [1.82, 2.24) is 9.55 Å². The second kappa shape index (κ2) is 4.94. The number of benzene rings is 1. The van der Waals surface area contributed by atoms with Crippen LogP contribution in [0.5, 0.6) is 5.75 Å². The predicted molar refractivity (Wildman–Crippen MR) is 77.4 cm³/mol. The van der Waals surface area contributed by atoms with Crippen LogP contribution < -0.4 is 4.74 Å². The smallest absolute Gasteiger partial charge is 0.131 e. The molecule has 0 spiro atoms. The first-order chi connectivity index (χ1) is 8.45. The maximum Gasteiger partial charge on any atom is 0.131 e. The van der Waals surface area contributed by atoms with E-state index in [0.29, 0.717) is 5.02 Å². The summed E-state index contributed by atoms with van der Waals surface area (Å²) in [5.74, 6) is 1.73. The third-order valence-corrected chi connectivity index (χ3v) is 4.07. The van der Waals surface area contributed by atoms with E-state index < -0.39 is 0 Å². The van der Waals surface area contributed by atoms with Gasteiger partial charge < -0.3 is 9.30 Å². The molecule has 18 heavy (non-hydrogen) atoms. The Labute approximate surface area is 120 Å². The normalized spacial score (nSPS) is 10.8. The largest absolute Gasteiger partial charge is 0.496 e. The molecule has 0 atom stereocenters. The van der Waals surface area contributed by atoms with Crippen LogP contribution in [0.3, 0.4) is 0 Å². The number of imidazole rings is 1. The van der Waals surface area contributed by atoms with Crippen molar-refractivity contribution in [1.29, 1.82) is 0 Å². The monoisotopic (exact) mass is 328 g/mol. The molecule has 5 heteroatoms. The zero-order valence-electron chi connectivity index (χ0n) is 10.7. The van der Waals surface area contributed by atoms with Gasteiger partial charge in [0.05, 0.1) is 7.11 Å². The zero-order valence-corrected chi connectivity index (χ0v) is 13.1. The van der Waals surface area contributed by atoms with Crippen LogP contribution in [0, 0.1) is 13.8 Å². The summed E-state index contributed by atoms with van der Waals surface area (Å²) in [6.45, 7) is 3.93. The van der Waals surface area contributed by atoms with Crippen molar-refractivity contribution in [3.05, 3.63) is 33.1 Å². The second-order valence-corrected chi connectivity index (χ2v) is 5.35. The van der Waals surface area contributed by atoms with E-state index in [1.54, 1.807) is 7.11 Å². The first kappa shape index (κ1) is 13.4. The van der Waals surface area contributed by atoms with Gasteiger partial charge in [-0.2, -0.15) is 0 Å². The van der Waals surface area contributed by atoms with Gasteiger partial charge in [0, 0.05) is 17.6 Å². The Kier molecular flexibility index (Phi) is 3.69. The lowest BCUT2D eigenvalue weighted by molar-refractivity contribution is 0.413. The maximum absolute atomic E-state index is 6.12. The van der Waals surface area contributed by atoms with Crippen molar-refractivity contribution in [3.8, 4) is 17.0 Å². The number of halogens is 2. The minimum Gasteiger partial charge on any atom is -0.496 e. The molecule has 0 amide bonds. The SMILES string of the molecule is COc1c(C)cc(Cl)cc1-c1nc(C)n(C)c1Br. The highest BCUT2D eigenvalue weighted by atomic mass is 79.9. The van der Waals surface area contributed by atoms with Gasteiger partial charge in [-0.05, 0) is 47.5 Å². The molecular formula is C13H14BrClN2O. The van der Waals surface area contributed by atoms with Crippen LogP contribution in [0.25, 0.3) is 11.3 Å². The summed E-state index contributed by atoms with van der Waals surface area (Å²) in [5, 5.41) is 0.679. The van der Waals surface area contributed by atoms with Gasteiger partial charge in [-0.3, -0.25) is 0 Å². The molecule has 0 saturated carbocycles. The van der Waals surface area contributed by atoms with Crippen molar-refractivity contribution in [2.24, 2.45) is 7.05 Å². The molecule has 1 aromatic carbocycles. The molecule has 0 N–H and O–H groups in total. The van der Waals surface area contributed by atoms with E-state index in [1.807, 2.05) is 37.6 Å². The van der Waals surface area contributed by atoms with E-state index in [-0.39, 0.29) is 0 Å². The second-order valence-electron chi connectivity index (χ2n) is 4.16. The van der Waals surface area contributed by atoms with E-state index in [2.05, 4.69) is 20.9 Å². The average Bonchev–Trinajstić information content (AvgIpc) is 2.56. The van der Waals surface area contributed by atoms with Crippen molar-refractivity contribution in [2.45, 2.75) is 13.8 Å². The fourth-order valence-electron chi connectivity index (χ4n) is 1.93. The summed E-state index contributed by atoms with van der Waals surface area (Å²) in [7, 11) is 3.61.